The lowest BCUT2D eigenvalue weighted by Crippen LogP contribution is -2.45. The van der Waals surface area contributed by atoms with Crippen LogP contribution in [0.2, 0.25) is 0 Å². The zero-order valence-electron chi connectivity index (χ0n) is 10.5. The fourth-order valence-electron chi connectivity index (χ4n) is 2.17. The maximum absolute atomic E-state index is 5.46. The van der Waals surface area contributed by atoms with E-state index in [1.807, 2.05) is 6.20 Å². The van der Waals surface area contributed by atoms with Gasteiger partial charge in [-0.1, -0.05) is 18.1 Å². The summed E-state index contributed by atoms with van der Waals surface area (Å²) in [5.41, 5.74) is 2.63. The fourth-order valence-corrected chi connectivity index (χ4v) is 2.17. The Morgan fingerprint density at radius 3 is 2.94 bits per heavy atom. The lowest BCUT2D eigenvalue weighted by molar-refractivity contribution is 0.561. The molecule has 0 bridgehead atoms. The van der Waals surface area contributed by atoms with E-state index in [4.69, 9.17) is 5.84 Å². The summed E-state index contributed by atoms with van der Waals surface area (Å²) in [5, 5.41) is 11.0. The van der Waals surface area contributed by atoms with E-state index in [9.17, 15) is 0 Å². The van der Waals surface area contributed by atoms with Gasteiger partial charge in [-0.3, -0.25) is 15.1 Å². The lowest BCUT2D eigenvalue weighted by Gasteiger charge is -2.14. The molecule has 7 nitrogen and oxygen atoms in total. The van der Waals surface area contributed by atoms with Crippen LogP contribution in [0.3, 0.4) is 0 Å². The molecule has 1 aromatic heterocycles. The molecular weight excluding hydrogens is 230 g/mol. The Labute approximate surface area is 107 Å². The molecule has 2 rings (SSSR count). The monoisotopic (exact) mass is 251 g/mol. The first-order valence-electron chi connectivity index (χ1n) is 6.50. The Balaban J connectivity index is 1.68. The summed E-state index contributed by atoms with van der Waals surface area (Å²) >= 11 is 0. The van der Waals surface area contributed by atoms with E-state index in [-0.39, 0.29) is 0 Å². The predicted octanol–water partition coefficient (Wildman–Crippen LogP) is 0.0197. The lowest BCUT2D eigenvalue weighted by atomic mass is 10.2. The van der Waals surface area contributed by atoms with Crippen molar-refractivity contribution in [2.24, 2.45) is 10.8 Å². The van der Waals surface area contributed by atoms with Gasteiger partial charge in [0.05, 0.1) is 6.20 Å². The maximum atomic E-state index is 5.46. The molecule has 1 aliphatic carbocycles. The highest BCUT2D eigenvalue weighted by Crippen LogP contribution is 2.17. The Kier molecular flexibility index (Phi) is 4.95. The minimum Gasteiger partial charge on any atom is -0.353 e. The largest absolute Gasteiger partial charge is 0.353 e. The van der Waals surface area contributed by atoms with Gasteiger partial charge in [-0.2, -0.15) is 0 Å². The molecule has 18 heavy (non-hydrogen) atoms. The van der Waals surface area contributed by atoms with E-state index in [0.29, 0.717) is 12.0 Å². The van der Waals surface area contributed by atoms with E-state index in [2.05, 4.69) is 26.0 Å². The number of nitrogens with one attached hydrogen (secondary N) is 2. The molecule has 1 aliphatic rings. The molecule has 1 aromatic rings. The van der Waals surface area contributed by atoms with Gasteiger partial charge in [0, 0.05) is 25.3 Å². The van der Waals surface area contributed by atoms with Crippen molar-refractivity contribution in [3.63, 3.8) is 0 Å². The third-order valence-electron chi connectivity index (χ3n) is 3.12. The zero-order valence-corrected chi connectivity index (χ0v) is 10.5. The molecule has 0 saturated heterocycles. The van der Waals surface area contributed by atoms with Gasteiger partial charge in [-0.15, -0.1) is 5.10 Å². The van der Waals surface area contributed by atoms with Gasteiger partial charge >= 0.3 is 0 Å². The molecule has 100 valence electrons. The average molecular weight is 251 g/mol. The van der Waals surface area contributed by atoms with E-state index in [1.165, 1.54) is 25.7 Å². The van der Waals surface area contributed by atoms with Crippen molar-refractivity contribution in [1.82, 2.24) is 25.7 Å². The van der Waals surface area contributed by atoms with Crippen molar-refractivity contribution < 1.29 is 0 Å². The first-order chi connectivity index (χ1) is 8.88. The SMILES string of the molecule is NNC(=NCCCn1ccnn1)NC1CCCC1. The summed E-state index contributed by atoms with van der Waals surface area (Å²) in [6, 6.07) is 0.523. The summed E-state index contributed by atoms with van der Waals surface area (Å²) in [6.45, 7) is 1.55. The first-order valence-corrected chi connectivity index (χ1v) is 6.50. The van der Waals surface area contributed by atoms with Crippen molar-refractivity contribution in [1.29, 1.82) is 0 Å². The van der Waals surface area contributed by atoms with Crippen LogP contribution >= 0.6 is 0 Å². The van der Waals surface area contributed by atoms with Crippen molar-refractivity contribution in [3.05, 3.63) is 12.4 Å². The van der Waals surface area contributed by atoms with E-state index < -0.39 is 0 Å². The highest BCUT2D eigenvalue weighted by Gasteiger charge is 2.15. The second-order valence-electron chi connectivity index (χ2n) is 4.52. The molecule has 0 aliphatic heterocycles. The van der Waals surface area contributed by atoms with Crippen molar-refractivity contribution >= 4 is 5.96 Å². The van der Waals surface area contributed by atoms with E-state index >= 15 is 0 Å². The van der Waals surface area contributed by atoms with Crippen LogP contribution in [0.15, 0.2) is 17.4 Å². The van der Waals surface area contributed by atoms with Crippen LogP contribution in [0.5, 0.6) is 0 Å². The minimum absolute atomic E-state index is 0.523. The second kappa shape index (κ2) is 6.95. The molecule has 0 radical (unpaired) electrons. The van der Waals surface area contributed by atoms with Gasteiger partial charge in [0.2, 0.25) is 5.96 Å². The van der Waals surface area contributed by atoms with Crippen LogP contribution in [-0.2, 0) is 6.54 Å². The highest BCUT2D eigenvalue weighted by molar-refractivity contribution is 5.79. The number of hydrogen-bond acceptors (Lipinski definition) is 4. The van der Waals surface area contributed by atoms with Crippen molar-refractivity contribution in [3.8, 4) is 0 Å². The fraction of sp³-hybridized carbons (Fsp3) is 0.727. The number of aromatic nitrogens is 3. The van der Waals surface area contributed by atoms with Gasteiger partial charge in [-0.25, -0.2) is 5.84 Å². The van der Waals surface area contributed by atoms with E-state index in [0.717, 1.165) is 19.5 Å². The third kappa shape index (κ3) is 3.99. The Hall–Kier alpha value is -1.63. The standard InChI is InChI=1S/C11H21N7/c12-16-11(15-10-4-1-2-5-10)13-6-3-8-18-9-7-14-17-18/h7,9-10H,1-6,8,12H2,(H2,13,15,16). The molecule has 1 heterocycles. The molecule has 1 fully saturated rings. The molecule has 0 amide bonds. The average Bonchev–Trinajstić information content (AvgIpc) is 3.06. The number of hydrogen-bond donors (Lipinski definition) is 3. The summed E-state index contributed by atoms with van der Waals surface area (Å²) < 4.78 is 1.80. The van der Waals surface area contributed by atoms with Crippen molar-refractivity contribution in [2.45, 2.75) is 44.7 Å². The number of rotatable bonds is 5. The number of aryl methyl sites for hydroxylation is 1. The predicted molar refractivity (Wildman–Crippen MR) is 69.7 cm³/mol. The second-order valence-corrected chi connectivity index (χ2v) is 4.52. The normalized spacial score (nSPS) is 17.1. The number of nitrogens with two attached hydrogens (primary N) is 1. The third-order valence-corrected chi connectivity index (χ3v) is 3.12. The number of guanidine groups is 1. The maximum Gasteiger partial charge on any atom is 0.205 e. The van der Waals surface area contributed by atoms with Crippen LogP contribution in [-0.4, -0.2) is 33.5 Å². The van der Waals surface area contributed by atoms with Gasteiger partial charge in [0.15, 0.2) is 0 Å². The Morgan fingerprint density at radius 1 is 1.44 bits per heavy atom. The van der Waals surface area contributed by atoms with Crippen molar-refractivity contribution in [2.75, 3.05) is 6.54 Å². The van der Waals surface area contributed by atoms with Crippen LogP contribution in [0.1, 0.15) is 32.1 Å². The van der Waals surface area contributed by atoms with Gasteiger partial charge in [-0.05, 0) is 19.3 Å². The van der Waals surface area contributed by atoms with Crippen LogP contribution < -0.4 is 16.6 Å². The topological polar surface area (TPSA) is 93.1 Å². The molecule has 0 unspecified atom stereocenters. The molecule has 7 heteroatoms. The zero-order chi connectivity index (χ0) is 12.6. The number of nitrogens with zero attached hydrogens (tertiary/aromatic N) is 4. The Morgan fingerprint density at radius 2 is 2.28 bits per heavy atom. The molecule has 0 spiro atoms. The quantitative estimate of drug-likeness (QED) is 0.225. The first kappa shape index (κ1) is 12.8. The highest BCUT2D eigenvalue weighted by atomic mass is 15.4. The van der Waals surface area contributed by atoms with Crippen LogP contribution in [0.25, 0.3) is 0 Å². The smallest absolute Gasteiger partial charge is 0.205 e. The molecule has 1 saturated carbocycles. The molecular formula is C11H21N7. The van der Waals surface area contributed by atoms with Gasteiger partial charge in [0.25, 0.3) is 0 Å². The minimum atomic E-state index is 0.523. The van der Waals surface area contributed by atoms with Gasteiger partial charge < -0.3 is 5.32 Å². The number of aliphatic imine (C=N–C) groups is 1. The Bertz CT molecular complexity index is 353. The van der Waals surface area contributed by atoms with Gasteiger partial charge in [0.1, 0.15) is 0 Å². The van der Waals surface area contributed by atoms with Crippen LogP contribution in [0.4, 0.5) is 0 Å². The molecule has 4 N–H and O–H groups in total. The van der Waals surface area contributed by atoms with E-state index in [1.54, 1.807) is 10.9 Å². The summed E-state index contributed by atoms with van der Waals surface area (Å²) in [6.07, 6.45) is 9.45. The van der Waals surface area contributed by atoms with Crippen LogP contribution in [0, 0.1) is 0 Å². The molecule has 0 atom stereocenters. The summed E-state index contributed by atoms with van der Waals surface area (Å²) in [4.78, 5) is 4.41. The summed E-state index contributed by atoms with van der Waals surface area (Å²) in [7, 11) is 0. The number of hydrazine groups is 1. The molecule has 0 aromatic carbocycles. The summed E-state index contributed by atoms with van der Waals surface area (Å²) in [5.74, 6) is 6.15.